The number of thiophene rings is 2. The molecule has 0 amide bonds. The Balaban J connectivity index is 1.86. The van der Waals surface area contributed by atoms with Crippen molar-refractivity contribution in [3.8, 4) is 0 Å². The summed E-state index contributed by atoms with van der Waals surface area (Å²) < 4.78 is 0. The smallest absolute Gasteiger partial charge is 0.310 e. The summed E-state index contributed by atoms with van der Waals surface area (Å²) in [4.78, 5) is 14.5. The highest BCUT2D eigenvalue weighted by Crippen LogP contribution is 2.37. The van der Waals surface area contributed by atoms with Crippen molar-refractivity contribution in [3.05, 3.63) is 49.9 Å². The van der Waals surface area contributed by atoms with E-state index in [4.69, 9.17) is 0 Å². The van der Waals surface area contributed by atoms with Gasteiger partial charge in [0, 0.05) is 21.9 Å². The highest BCUT2D eigenvalue weighted by Gasteiger charge is 2.38. The van der Waals surface area contributed by atoms with Gasteiger partial charge in [0.2, 0.25) is 0 Å². The minimum absolute atomic E-state index is 0.585. The fraction of sp³-hybridized carbons (Fsp3) is 0.450. The second kappa shape index (κ2) is 7.85. The predicted octanol–water partition coefficient (Wildman–Crippen LogP) is 5.09. The number of nitrogens with one attached hydrogen (secondary N) is 1. The average molecular weight is 376 g/mol. The molecule has 0 aliphatic carbocycles. The first-order valence-corrected chi connectivity index (χ1v) is 10.5. The Labute approximate surface area is 157 Å². The molecule has 2 aromatic rings. The first-order valence-electron chi connectivity index (χ1n) is 8.77. The molecule has 5 heteroatoms. The van der Waals surface area contributed by atoms with E-state index in [0.29, 0.717) is 13.0 Å². The SMILES string of the molecule is Cc1ccsc1C(=CCC[C@@]1(C(=O)O)CCCNC1)c1sccc1C. The highest BCUT2D eigenvalue weighted by molar-refractivity contribution is 7.14. The van der Waals surface area contributed by atoms with Crippen LogP contribution in [0.2, 0.25) is 0 Å². The van der Waals surface area contributed by atoms with Gasteiger partial charge in [0.15, 0.2) is 0 Å². The van der Waals surface area contributed by atoms with Crippen LogP contribution in [0.4, 0.5) is 0 Å². The first-order chi connectivity index (χ1) is 12.0. The predicted molar refractivity (Wildman–Crippen MR) is 107 cm³/mol. The topological polar surface area (TPSA) is 49.3 Å². The van der Waals surface area contributed by atoms with Crippen LogP contribution >= 0.6 is 22.7 Å². The molecule has 1 aliphatic rings. The molecule has 0 saturated carbocycles. The van der Waals surface area contributed by atoms with E-state index in [2.05, 4.69) is 48.1 Å². The standard InChI is InChI=1S/C20H25NO2S2/c1-14-6-11-24-17(14)16(18-15(2)7-12-25-18)5-3-8-20(19(22)23)9-4-10-21-13-20/h5-7,11-12,21H,3-4,8-10,13H2,1-2H3,(H,22,23)/t20-/m1/s1. The van der Waals surface area contributed by atoms with Gasteiger partial charge >= 0.3 is 5.97 Å². The van der Waals surface area contributed by atoms with Gasteiger partial charge in [0.05, 0.1) is 5.41 Å². The molecule has 1 saturated heterocycles. The third-order valence-corrected chi connectivity index (χ3v) is 7.21. The zero-order valence-corrected chi connectivity index (χ0v) is 16.4. The Morgan fingerprint density at radius 3 is 2.32 bits per heavy atom. The van der Waals surface area contributed by atoms with Crippen LogP contribution in [0.25, 0.3) is 5.57 Å². The molecule has 0 radical (unpaired) electrons. The number of allylic oxidation sites excluding steroid dienone is 1. The Bertz CT molecular complexity index is 724. The van der Waals surface area contributed by atoms with Gasteiger partial charge in [-0.3, -0.25) is 4.79 Å². The fourth-order valence-electron chi connectivity index (χ4n) is 3.55. The van der Waals surface area contributed by atoms with Crippen molar-refractivity contribution in [1.29, 1.82) is 0 Å². The lowest BCUT2D eigenvalue weighted by atomic mass is 9.77. The monoisotopic (exact) mass is 375 g/mol. The number of carboxylic acids is 1. The van der Waals surface area contributed by atoms with Gasteiger partial charge in [-0.2, -0.15) is 0 Å². The number of hydrogen-bond acceptors (Lipinski definition) is 4. The molecule has 0 bridgehead atoms. The van der Waals surface area contributed by atoms with Crippen LogP contribution < -0.4 is 5.32 Å². The molecule has 1 fully saturated rings. The van der Waals surface area contributed by atoms with E-state index >= 15 is 0 Å². The van der Waals surface area contributed by atoms with E-state index in [0.717, 1.165) is 25.8 Å². The van der Waals surface area contributed by atoms with E-state index in [-0.39, 0.29) is 0 Å². The van der Waals surface area contributed by atoms with Crippen molar-refractivity contribution >= 4 is 34.2 Å². The van der Waals surface area contributed by atoms with E-state index in [1.165, 1.54) is 26.5 Å². The quantitative estimate of drug-likeness (QED) is 0.739. The molecule has 0 spiro atoms. The van der Waals surface area contributed by atoms with Crippen LogP contribution in [0.15, 0.2) is 29.0 Å². The van der Waals surface area contributed by atoms with Crippen molar-refractivity contribution in [2.24, 2.45) is 5.41 Å². The zero-order valence-electron chi connectivity index (χ0n) is 14.8. The summed E-state index contributed by atoms with van der Waals surface area (Å²) in [7, 11) is 0. The fourth-order valence-corrected chi connectivity index (χ4v) is 5.56. The van der Waals surface area contributed by atoms with Gasteiger partial charge in [0.1, 0.15) is 0 Å². The number of carbonyl (C=O) groups is 1. The molecule has 134 valence electrons. The zero-order chi connectivity index (χ0) is 17.9. The molecule has 1 atom stereocenters. The van der Waals surface area contributed by atoms with Crippen LogP contribution in [-0.4, -0.2) is 24.2 Å². The molecular formula is C20H25NO2S2. The lowest BCUT2D eigenvalue weighted by Gasteiger charge is -2.33. The summed E-state index contributed by atoms with van der Waals surface area (Å²) >= 11 is 3.53. The maximum absolute atomic E-state index is 11.9. The lowest BCUT2D eigenvalue weighted by Crippen LogP contribution is -2.45. The number of carboxylic acid groups (broad SMARTS) is 1. The summed E-state index contributed by atoms with van der Waals surface area (Å²) in [6, 6.07) is 4.31. The third kappa shape index (κ3) is 3.89. The maximum atomic E-state index is 11.9. The number of aliphatic carboxylic acids is 1. The first kappa shape index (κ1) is 18.4. The van der Waals surface area contributed by atoms with Gasteiger partial charge in [0.25, 0.3) is 0 Å². The van der Waals surface area contributed by atoms with Gasteiger partial charge in [-0.15, -0.1) is 22.7 Å². The van der Waals surface area contributed by atoms with Crippen molar-refractivity contribution in [2.75, 3.05) is 13.1 Å². The second-order valence-corrected chi connectivity index (χ2v) is 8.72. The largest absolute Gasteiger partial charge is 0.481 e. The van der Waals surface area contributed by atoms with Crippen LogP contribution in [0.5, 0.6) is 0 Å². The summed E-state index contributed by atoms with van der Waals surface area (Å²) in [5.74, 6) is -0.658. The minimum Gasteiger partial charge on any atom is -0.481 e. The van der Waals surface area contributed by atoms with Crippen LogP contribution in [-0.2, 0) is 4.79 Å². The van der Waals surface area contributed by atoms with Gasteiger partial charge in [-0.1, -0.05) is 6.08 Å². The van der Waals surface area contributed by atoms with E-state index < -0.39 is 11.4 Å². The molecule has 25 heavy (non-hydrogen) atoms. The Morgan fingerprint density at radius 2 is 1.88 bits per heavy atom. The van der Waals surface area contributed by atoms with Crippen molar-refractivity contribution in [1.82, 2.24) is 5.32 Å². The van der Waals surface area contributed by atoms with Crippen molar-refractivity contribution in [3.63, 3.8) is 0 Å². The Hall–Kier alpha value is -1.43. The molecule has 0 unspecified atom stereocenters. The summed E-state index contributed by atoms with van der Waals surface area (Å²) in [6.45, 7) is 5.80. The molecule has 3 rings (SSSR count). The Morgan fingerprint density at radius 1 is 1.24 bits per heavy atom. The number of aryl methyl sites for hydroxylation is 2. The second-order valence-electron chi connectivity index (χ2n) is 6.89. The Kier molecular flexibility index (Phi) is 5.77. The van der Waals surface area contributed by atoms with Gasteiger partial charge < -0.3 is 10.4 Å². The van der Waals surface area contributed by atoms with Crippen LogP contribution in [0, 0.1) is 19.3 Å². The molecule has 1 aliphatic heterocycles. The third-order valence-electron chi connectivity index (χ3n) is 5.11. The minimum atomic E-state index is -0.658. The highest BCUT2D eigenvalue weighted by atomic mass is 32.1. The molecule has 3 heterocycles. The normalized spacial score (nSPS) is 20.4. The van der Waals surface area contributed by atoms with Crippen LogP contribution in [0.3, 0.4) is 0 Å². The maximum Gasteiger partial charge on any atom is 0.310 e. The number of hydrogen-bond donors (Lipinski definition) is 2. The molecular weight excluding hydrogens is 350 g/mol. The van der Waals surface area contributed by atoms with Gasteiger partial charge in [-0.05, 0) is 80.1 Å². The molecule has 2 N–H and O–H groups in total. The van der Waals surface area contributed by atoms with Crippen molar-refractivity contribution in [2.45, 2.75) is 39.5 Å². The van der Waals surface area contributed by atoms with E-state index in [9.17, 15) is 9.90 Å². The molecule has 2 aromatic heterocycles. The summed E-state index contributed by atoms with van der Waals surface area (Å²) in [6.07, 6.45) is 5.45. The molecule has 0 aromatic carbocycles. The number of piperidine rings is 1. The van der Waals surface area contributed by atoms with Gasteiger partial charge in [-0.25, -0.2) is 0 Å². The van der Waals surface area contributed by atoms with E-state index in [1.807, 2.05) is 0 Å². The van der Waals surface area contributed by atoms with Crippen LogP contribution in [0.1, 0.15) is 46.6 Å². The van der Waals surface area contributed by atoms with Crippen molar-refractivity contribution < 1.29 is 9.90 Å². The summed E-state index contributed by atoms with van der Waals surface area (Å²) in [5, 5.41) is 17.3. The number of rotatable bonds is 6. The summed E-state index contributed by atoms with van der Waals surface area (Å²) in [5.41, 5.74) is 3.23. The molecule has 3 nitrogen and oxygen atoms in total. The van der Waals surface area contributed by atoms with E-state index in [1.54, 1.807) is 22.7 Å². The average Bonchev–Trinajstić information content (AvgIpc) is 3.21. The lowest BCUT2D eigenvalue weighted by molar-refractivity contribution is -0.150.